The Labute approximate surface area is 198 Å². The summed E-state index contributed by atoms with van der Waals surface area (Å²) in [5.74, 6) is 0.00703. The molecule has 2 atom stereocenters. The first-order chi connectivity index (χ1) is 16.0. The normalized spacial score (nSPS) is 18.6. The lowest BCUT2D eigenvalue weighted by Gasteiger charge is -2.38. The Morgan fingerprint density at radius 1 is 1.18 bits per heavy atom. The first-order valence-electron chi connectivity index (χ1n) is 10.2. The van der Waals surface area contributed by atoms with Crippen molar-refractivity contribution < 1.29 is 24.1 Å². The average molecular weight is 510 g/mol. The Kier molecular flexibility index (Phi) is 5.41. The minimum Gasteiger partial charge on any atom is -0.493 e. The van der Waals surface area contributed by atoms with Crippen molar-refractivity contribution in [3.63, 3.8) is 0 Å². The Bertz CT molecular complexity index is 1260. The molecule has 9 heteroatoms. The van der Waals surface area contributed by atoms with Crippen LogP contribution in [-0.2, 0) is 0 Å². The van der Waals surface area contributed by atoms with E-state index in [1.54, 1.807) is 24.5 Å². The summed E-state index contributed by atoms with van der Waals surface area (Å²) in [4.78, 5) is 16.5. The number of aromatic nitrogens is 1. The molecule has 0 saturated heterocycles. The second kappa shape index (κ2) is 8.40. The number of pyridine rings is 1. The molecule has 0 unspecified atom stereocenters. The van der Waals surface area contributed by atoms with E-state index in [0.717, 1.165) is 21.3 Å². The van der Waals surface area contributed by atoms with Crippen molar-refractivity contribution in [2.75, 3.05) is 14.2 Å². The number of hydrogen-bond donors (Lipinski definition) is 1. The van der Waals surface area contributed by atoms with Crippen LogP contribution in [0.25, 0.3) is 0 Å². The fraction of sp³-hybridized carbons (Fsp3) is 0.208. The molecule has 8 nitrogen and oxygen atoms in total. The molecule has 0 saturated carbocycles. The Hall–Kier alpha value is -3.59. The third-order valence-electron chi connectivity index (χ3n) is 5.80. The van der Waals surface area contributed by atoms with Crippen molar-refractivity contribution in [3.05, 3.63) is 81.6 Å². The van der Waals surface area contributed by atoms with Gasteiger partial charge in [0.25, 0.3) is 0 Å². The quantitative estimate of drug-likeness (QED) is 0.527. The summed E-state index contributed by atoms with van der Waals surface area (Å²) in [6.45, 7) is 0. The van der Waals surface area contributed by atoms with Crippen LogP contribution >= 0.6 is 15.9 Å². The van der Waals surface area contributed by atoms with E-state index in [-0.39, 0.29) is 17.4 Å². The lowest BCUT2D eigenvalue weighted by Crippen LogP contribution is -2.34. The summed E-state index contributed by atoms with van der Waals surface area (Å²) in [5, 5.41) is 16.8. The number of halogens is 1. The number of methoxy groups -OCH3 is 2. The average Bonchev–Trinajstić information content (AvgIpc) is 3.29. The maximum absolute atomic E-state index is 12.3. The second-order valence-corrected chi connectivity index (χ2v) is 8.53. The van der Waals surface area contributed by atoms with Gasteiger partial charge in [0.2, 0.25) is 6.23 Å². The molecular formula is C24H20BrN3O5. The van der Waals surface area contributed by atoms with Gasteiger partial charge in [-0.2, -0.15) is 5.10 Å². The van der Waals surface area contributed by atoms with Gasteiger partial charge in [0.15, 0.2) is 11.5 Å². The number of ether oxygens (including phenoxy) is 3. The zero-order valence-electron chi connectivity index (χ0n) is 17.9. The highest BCUT2D eigenvalue weighted by molar-refractivity contribution is 9.10. The van der Waals surface area contributed by atoms with E-state index < -0.39 is 12.2 Å². The van der Waals surface area contributed by atoms with Gasteiger partial charge in [0, 0.05) is 40.0 Å². The van der Waals surface area contributed by atoms with E-state index in [2.05, 4.69) is 20.9 Å². The molecule has 0 radical (unpaired) electrons. The maximum Gasteiger partial charge on any atom is 0.340 e. The van der Waals surface area contributed by atoms with E-state index in [0.29, 0.717) is 23.5 Å². The van der Waals surface area contributed by atoms with Gasteiger partial charge in [-0.15, -0.1) is 0 Å². The van der Waals surface area contributed by atoms with Crippen LogP contribution in [0.4, 0.5) is 0 Å². The van der Waals surface area contributed by atoms with E-state index in [1.807, 2.05) is 35.3 Å². The van der Waals surface area contributed by atoms with Crippen LogP contribution in [0, 0.1) is 0 Å². The number of rotatable bonds is 5. The largest absolute Gasteiger partial charge is 0.493 e. The molecule has 3 heterocycles. The van der Waals surface area contributed by atoms with Gasteiger partial charge in [-0.25, -0.2) is 9.80 Å². The van der Waals surface area contributed by atoms with Crippen LogP contribution in [0.2, 0.25) is 0 Å². The zero-order chi connectivity index (χ0) is 23.1. The lowest BCUT2D eigenvalue weighted by atomic mass is 9.95. The predicted octanol–water partition coefficient (Wildman–Crippen LogP) is 4.80. The van der Waals surface area contributed by atoms with Gasteiger partial charge >= 0.3 is 5.97 Å². The molecule has 0 amide bonds. The summed E-state index contributed by atoms with van der Waals surface area (Å²) in [5.41, 5.74) is 3.14. The molecule has 1 aromatic heterocycles. The molecule has 0 bridgehead atoms. The first-order valence-corrected chi connectivity index (χ1v) is 11.0. The molecule has 0 spiro atoms. The van der Waals surface area contributed by atoms with Crippen molar-refractivity contribution in [1.29, 1.82) is 0 Å². The van der Waals surface area contributed by atoms with Crippen LogP contribution in [0.5, 0.6) is 17.2 Å². The molecule has 2 aliphatic heterocycles. The van der Waals surface area contributed by atoms with Crippen molar-refractivity contribution >= 4 is 27.6 Å². The number of aromatic carboxylic acids is 1. The number of carboxylic acids is 1. The van der Waals surface area contributed by atoms with Gasteiger partial charge in [-0.05, 0) is 36.4 Å². The third-order valence-corrected chi connectivity index (χ3v) is 6.30. The number of hydrazone groups is 1. The summed E-state index contributed by atoms with van der Waals surface area (Å²) < 4.78 is 18.0. The number of nitrogens with zero attached hydrogens (tertiary/aromatic N) is 3. The van der Waals surface area contributed by atoms with Gasteiger partial charge in [0.05, 0.1) is 26.0 Å². The van der Waals surface area contributed by atoms with E-state index in [4.69, 9.17) is 19.3 Å². The van der Waals surface area contributed by atoms with Gasteiger partial charge in [0.1, 0.15) is 11.3 Å². The Morgan fingerprint density at radius 2 is 2.03 bits per heavy atom. The van der Waals surface area contributed by atoms with Crippen molar-refractivity contribution in [2.24, 2.45) is 5.10 Å². The van der Waals surface area contributed by atoms with Crippen LogP contribution < -0.4 is 14.2 Å². The molecule has 1 N–H and O–H groups in total. The van der Waals surface area contributed by atoms with Crippen molar-refractivity contribution in [1.82, 2.24) is 9.99 Å². The summed E-state index contributed by atoms with van der Waals surface area (Å²) in [6.07, 6.45) is 3.34. The Morgan fingerprint density at radius 3 is 2.73 bits per heavy atom. The van der Waals surface area contributed by atoms with Crippen LogP contribution in [-0.4, -0.2) is 41.0 Å². The molecular weight excluding hydrogens is 490 g/mol. The molecule has 3 aromatic rings. The van der Waals surface area contributed by atoms with Crippen LogP contribution in [0.3, 0.4) is 0 Å². The minimum absolute atomic E-state index is 0.0220. The topological polar surface area (TPSA) is 93.5 Å². The third kappa shape index (κ3) is 3.58. The summed E-state index contributed by atoms with van der Waals surface area (Å²) in [6, 6.07) is 12.8. The highest BCUT2D eigenvalue weighted by Crippen LogP contribution is 2.50. The fourth-order valence-corrected chi connectivity index (χ4v) is 4.72. The highest BCUT2D eigenvalue weighted by Gasteiger charge is 2.43. The van der Waals surface area contributed by atoms with Crippen LogP contribution in [0.15, 0.2) is 64.4 Å². The van der Waals surface area contributed by atoms with E-state index in [9.17, 15) is 9.90 Å². The van der Waals surface area contributed by atoms with Crippen molar-refractivity contribution in [2.45, 2.75) is 18.7 Å². The maximum atomic E-state index is 12.3. The fourth-order valence-electron chi connectivity index (χ4n) is 4.34. The van der Waals surface area contributed by atoms with Gasteiger partial charge in [-0.3, -0.25) is 4.98 Å². The molecule has 0 fully saturated rings. The first kappa shape index (κ1) is 21.3. The highest BCUT2D eigenvalue weighted by atomic mass is 79.9. The molecule has 2 aliphatic rings. The van der Waals surface area contributed by atoms with Gasteiger partial charge in [-0.1, -0.05) is 22.0 Å². The molecule has 168 valence electrons. The zero-order valence-corrected chi connectivity index (χ0v) is 19.4. The number of hydrogen-bond acceptors (Lipinski definition) is 7. The van der Waals surface area contributed by atoms with E-state index >= 15 is 0 Å². The summed E-state index contributed by atoms with van der Waals surface area (Å²) >= 11 is 3.54. The molecule has 33 heavy (non-hydrogen) atoms. The smallest absolute Gasteiger partial charge is 0.340 e. The Balaban J connectivity index is 1.68. The van der Waals surface area contributed by atoms with E-state index in [1.165, 1.54) is 14.2 Å². The predicted molar refractivity (Wildman–Crippen MR) is 124 cm³/mol. The number of fused-ring (bicyclic) bond motifs is 3. The van der Waals surface area contributed by atoms with Gasteiger partial charge < -0.3 is 19.3 Å². The number of carboxylic acid groups (broad SMARTS) is 1. The molecule has 0 aliphatic carbocycles. The SMILES string of the molecule is COc1ccc([C@@H]2Oc3ccc(Br)cc3[C@@H]3CC(c4cccnc4)=NN32)c(C(=O)O)c1OC. The summed E-state index contributed by atoms with van der Waals surface area (Å²) in [7, 11) is 2.88. The lowest BCUT2D eigenvalue weighted by molar-refractivity contribution is -0.0199. The monoisotopic (exact) mass is 509 g/mol. The number of carbonyl (C=O) groups is 1. The molecule has 2 aromatic carbocycles. The number of benzene rings is 2. The van der Waals surface area contributed by atoms with Crippen molar-refractivity contribution in [3.8, 4) is 17.2 Å². The minimum atomic E-state index is -1.14. The van der Waals surface area contributed by atoms with Crippen LogP contribution in [0.1, 0.15) is 45.7 Å². The standard InChI is InChI=1S/C24H20BrN3O5/c1-31-20-8-6-15(21(24(29)30)22(20)32-2)23-28-18(16-10-14(25)5-7-19(16)33-23)11-17(27-28)13-4-3-9-26-12-13/h3-10,12,18,23H,11H2,1-2H3,(H,29,30)/t18-,23-/m0/s1. The second-order valence-electron chi connectivity index (χ2n) is 7.61. The molecule has 5 rings (SSSR count).